The first kappa shape index (κ1) is 16.3. The van der Waals surface area contributed by atoms with Crippen LogP contribution in [-0.2, 0) is 0 Å². The standard InChI is InChI=1S/C15H24FN3O2/c1-2-6-17-13(12-4-3-11(16)8-18-12)5-7-19-9-14(20)15(21)10-19/h3-4,8,13-15,17,20-21H,2,5-7,9-10H2,1H3. The summed E-state index contributed by atoms with van der Waals surface area (Å²) in [5, 5.41) is 22.5. The first-order valence-corrected chi connectivity index (χ1v) is 7.53. The van der Waals surface area contributed by atoms with Gasteiger partial charge in [-0.25, -0.2) is 4.39 Å². The van der Waals surface area contributed by atoms with Crippen molar-refractivity contribution in [3.05, 3.63) is 29.8 Å². The fourth-order valence-electron chi connectivity index (χ4n) is 2.61. The van der Waals surface area contributed by atoms with Crippen LogP contribution in [0.4, 0.5) is 4.39 Å². The highest BCUT2D eigenvalue weighted by molar-refractivity contribution is 5.10. The number of nitrogens with one attached hydrogen (secondary N) is 1. The Kier molecular flexibility index (Phi) is 6.05. The monoisotopic (exact) mass is 297 g/mol. The molecule has 0 bridgehead atoms. The summed E-state index contributed by atoms with van der Waals surface area (Å²) in [6, 6.07) is 3.18. The van der Waals surface area contributed by atoms with Crippen molar-refractivity contribution in [1.29, 1.82) is 0 Å². The Hall–Kier alpha value is -1.08. The summed E-state index contributed by atoms with van der Waals surface area (Å²) in [5.74, 6) is -0.334. The van der Waals surface area contributed by atoms with Gasteiger partial charge >= 0.3 is 0 Å². The summed E-state index contributed by atoms with van der Waals surface area (Å²) in [4.78, 5) is 6.19. The van der Waals surface area contributed by atoms with E-state index < -0.39 is 12.2 Å². The van der Waals surface area contributed by atoms with Crippen LogP contribution in [0.25, 0.3) is 0 Å². The summed E-state index contributed by atoms with van der Waals surface area (Å²) in [5.41, 5.74) is 0.824. The van der Waals surface area contributed by atoms with Gasteiger partial charge in [0.05, 0.1) is 30.1 Å². The van der Waals surface area contributed by atoms with E-state index in [-0.39, 0.29) is 11.9 Å². The van der Waals surface area contributed by atoms with Gasteiger partial charge in [-0.3, -0.25) is 9.88 Å². The van der Waals surface area contributed by atoms with Crippen molar-refractivity contribution in [3.63, 3.8) is 0 Å². The number of aliphatic hydroxyl groups is 2. The minimum absolute atomic E-state index is 0.0560. The highest BCUT2D eigenvalue weighted by Crippen LogP contribution is 2.18. The maximum absolute atomic E-state index is 13.0. The lowest BCUT2D eigenvalue weighted by Gasteiger charge is -2.22. The van der Waals surface area contributed by atoms with Crippen molar-refractivity contribution in [2.75, 3.05) is 26.2 Å². The van der Waals surface area contributed by atoms with Gasteiger partial charge in [0.15, 0.2) is 0 Å². The van der Waals surface area contributed by atoms with E-state index in [0.29, 0.717) is 13.1 Å². The van der Waals surface area contributed by atoms with E-state index in [0.717, 1.165) is 31.6 Å². The molecule has 0 saturated carbocycles. The Morgan fingerprint density at radius 2 is 2.10 bits per heavy atom. The molecule has 2 heterocycles. The second-order valence-electron chi connectivity index (χ2n) is 5.59. The van der Waals surface area contributed by atoms with E-state index in [9.17, 15) is 14.6 Å². The van der Waals surface area contributed by atoms with Crippen LogP contribution in [0.3, 0.4) is 0 Å². The average molecular weight is 297 g/mol. The smallest absolute Gasteiger partial charge is 0.141 e. The number of hydrogen-bond acceptors (Lipinski definition) is 5. The van der Waals surface area contributed by atoms with Crippen molar-refractivity contribution < 1.29 is 14.6 Å². The number of likely N-dealkylation sites (tertiary alicyclic amines) is 1. The molecule has 2 rings (SSSR count). The quantitative estimate of drug-likeness (QED) is 0.691. The molecule has 1 aliphatic rings. The van der Waals surface area contributed by atoms with E-state index in [1.165, 1.54) is 12.3 Å². The molecule has 21 heavy (non-hydrogen) atoms. The van der Waals surface area contributed by atoms with Crippen molar-refractivity contribution >= 4 is 0 Å². The van der Waals surface area contributed by atoms with Crippen molar-refractivity contribution in [2.45, 2.75) is 38.0 Å². The summed E-state index contributed by atoms with van der Waals surface area (Å²) in [6.45, 7) is 4.72. The lowest BCUT2D eigenvalue weighted by atomic mass is 10.1. The van der Waals surface area contributed by atoms with E-state index in [4.69, 9.17) is 0 Å². The molecule has 1 aromatic rings. The van der Waals surface area contributed by atoms with Gasteiger partial charge in [0.25, 0.3) is 0 Å². The lowest BCUT2D eigenvalue weighted by Crippen LogP contribution is -2.30. The Bertz CT molecular complexity index is 419. The molecule has 5 nitrogen and oxygen atoms in total. The summed E-state index contributed by atoms with van der Waals surface area (Å²) in [7, 11) is 0. The number of rotatable bonds is 7. The number of β-amino-alcohol motifs (C(OH)–C–C–N with tert-alkyl or cyclic N) is 2. The van der Waals surface area contributed by atoms with Crippen molar-refractivity contribution in [2.24, 2.45) is 0 Å². The highest BCUT2D eigenvalue weighted by Gasteiger charge is 2.29. The first-order chi connectivity index (χ1) is 10.1. The van der Waals surface area contributed by atoms with Gasteiger partial charge in [-0.05, 0) is 31.5 Å². The molecule has 0 radical (unpaired) electrons. The second-order valence-corrected chi connectivity index (χ2v) is 5.59. The zero-order valence-corrected chi connectivity index (χ0v) is 12.4. The third-order valence-electron chi connectivity index (χ3n) is 3.82. The fraction of sp³-hybridized carbons (Fsp3) is 0.667. The molecule has 1 fully saturated rings. The van der Waals surface area contributed by atoms with Gasteiger partial charge in [0.1, 0.15) is 5.82 Å². The van der Waals surface area contributed by atoms with Gasteiger partial charge in [-0.1, -0.05) is 6.92 Å². The SMILES string of the molecule is CCCNC(CCN1CC(O)C(O)C1)c1ccc(F)cn1. The molecule has 0 spiro atoms. The van der Waals surface area contributed by atoms with E-state index >= 15 is 0 Å². The predicted octanol–water partition coefficient (Wildman–Crippen LogP) is 0.689. The Morgan fingerprint density at radius 1 is 1.38 bits per heavy atom. The van der Waals surface area contributed by atoms with Crippen LogP contribution in [0, 0.1) is 5.82 Å². The average Bonchev–Trinajstić information content (AvgIpc) is 2.79. The number of nitrogens with zero attached hydrogens (tertiary/aromatic N) is 2. The third-order valence-corrected chi connectivity index (χ3v) is 3.82. The molecular weight excluding hydrogens is 273 g/mol. The number of pyridine rings is 1. The van der Waals surface area contributed by atoms with E-state index in [1.807, 2.05) is 4.90 Å². The molecule has 6 heteroatoms. The highest BCUT2D eigenvalue weighted by atomic mass is 19.1. The van der Waals surface area contributed by atoms with Gasteiger partial charge in [0, 0.05) is 19.6 Å². The number of hydrogen-bond donors (Lipinski definition) is 3. The molecule has 1 saturated heterocycles. The van der Waals surface area contributed by atoms with Gasteiger partial charge < -0.3 is 15.5 Å². The number of halogens is 1. The van der Waals surface area contributed by atoms with Crippen molar-refractivity contribution in [3.8, 4) is 0 Å². The van der Waals surface area contributed by atoms with Gasteiger partial charge in [0.2, 0.25) is 0 Å². The lowest BCUT2D eigenvalue weighted by molar-refractivity contribution is 0.0572. The molecule has 3 N–H and O–H groups in total. The Morgan fingerprint density at radius 3 is 2.67 bits per heavy atom. The maximum atomic E-state index is 13.0. The van der Waals surface area contributed by atoms with Crippen LogP contribution in [0.5, 0.6) is 0 Å². The topological polar surface area (TPSA) is 68.6 Å². The summed E-state index contributed by atoms with van der Waals surface area (Å²) in [6.07, 6.45) is 1.74. The Labute approximate surface area is 124 Å². The molecule has 0 amide bonds. The minimum Gasteiger partial charge on any atom is -0.389 e. The molecule has 0 aromatic carbocycles. The number of aromatic nitrogens is 1. The van der Waals surface area contributed by atoms with Crippen LogP contribution in [0.15, 0.2) is 18.3 Å². The molecule has 1 aromatic heterocycles. The summed E-state index contributed by atoms with van der Waals surface area (Å²) < 4.78 is 13.0. The molecule has 0 aliphatic carbocycles. The predicted molar refractivity (Wildman–Crippen MR) is 78.3 cm³/mol. The number of aliphatic hydroxyl groups excluding tert-OH is 2. The van der Waals surface area contributed by atoms with E-state index in [1.54, 1.807) is 6.07 Å². The molecular formula is C15H24FN3O2. The second kappa shape index (κ2) is 7.79. The fourth-order valence-corrected chi connectivity index (χ4v) is 2.61. The minimum atomic E-state index is -0.656. The van der Waals surface area contributed by atoms with Crippen LogP contribution in [0.1, 0.15) is 31.5 Å². The molecule has 118 valence electrons. The summed E-state index contributed by atoms with van der Waals surface area (Å²) >= 11 is 0. The molecule has 3 atom stereocenters. The first-order valence-electron chi connectivity index (χ1n) is 7.53. The largest absolute Gasteiger partial charge is 0.389 e. The van der Waals surface area contributed by atoms with Crippen LogP contribution in [-0.4, -0.2) is 58.5 Å². The van der Waals surface area contributed by atoms with Crippen molar-refractivity contribution in [1.82, 2.24) is 15.2 Å². The van der Waals surface area contributed by atoms with Crippen LogP contribution in [0.2, 0.25) is 0 Å². The van der Waals surface area contributed by atoms with Gasteiger partial charge in [-0.15, -0.1) is 0 Å². The zero-order valence-electron chi connectivity index (χ0n) is 12.4. The zero-order chi connectivity index (χ0) is 15.2. The van der Waals surface area contributed by atoms with E-state index in [2.05, 4.69) is 17.2 Å². The third kappa shape index (κ3) is 4.71. The molecule has 1 aliphatic heterocycles. The van der Waals surface area contributed by atoms with Gasteiger partial charge in [-0.2, -0.15) is 0 Å². The molecule has 3 unspecified atom stereocenters. The normalized spacial score (nSPS) is 24.4. The van der Waals surface area contributed by atoms with Crippen LogP contribution < -0.4 is 5.32 Å². The maximum Gasteiger partial charge on any atom is 0.141 e. The van der Waals surface area contributed by atoms with Crippen LogP contribution >= 0.6 is 0 Å². The Balaban J connectivity index is 1.92.